The van der Waals surface area contributed by atoms with Gasteiger partial charge < -0.3 is 20.3 Å². The fourth-order valence-electron chi connectivity index (χ4n) is 7.26. The maximum atomic E-state index is 13.8. The summed E-state index contributed by atoms with van der Waals surface area (Å²) in [5, 5.41) is 6.13. The lowest BCUT2D eigenvalue weighted by Gasteiger charge is -2.40. The van der Waals surface area contributed by atoms with Crippen LogP contribution in [0.4, 0.5) is 23.3 Å². The Morgan fingerprint density at radius 1 is 0.950 bits per heavy atom. The number of rotatable bonds is 5. The van der Waals surface area contributed by atoms with Crippen molar-refractivity contribution in [2.24, 2.45) is 5.41 Å². The predicted octanol–water partition coefficient (Wildman–Crippen LogP) is 2.25. The Bertz CT molecular complexity index is 1250. The number of morpholine rings is 1. The second-order valence-corrected chi connectivity index (χ2v) is 11.8. The highest BCUT2D eigenvalue weighted by atomic mass is 16.5. The second kappa shape index (κ2) is 10.6. The fraction of sp³-hybridized carbons (Fsp3) is 0.621. The molecule has 7 rings (SSSR count). The van der Waals surface area contributed by atoms with Crippen molar-refractivity contribution in [3.63, 3.8) is 0 Å². The molecule has 0 radical (unpaired) electrons. The molecule has 1 saturated carbocycles. The van der Waals surface area contributed by atoms with Gasteiger partial charge in [0.2, 0.25) is 17.8 Å². The lowest BCUT2D eigenvalue weighted by molar-refractivity contribution is -0.140. The van der Waals surface area contributed by atoms with E-state index in [2.05, 4.69) is 36.5 Å². The van der Waals surface area contributed by atoms with Crippen molar-refractivity contribution in [2.75, 3.05) is 61.1 Å². The van der Waals surface area contributed by atoms with E-state index in [1.54, 1.807) is 6.20 Å². The molecule has 2 aromatic rings. The quantitative estimate of drug-likeness (QED) is 0.545. The summed E-state index contributed by atoms with van der Waals surface area (Å²) < 4.78 is 5.51. The van der Waals surface area contributed by atoms with E-state index < -0.39 is 5.41 Å². The monoisotopic (exact) mass is 546 g/mol. The van der Waals surface area contributed by atoms with E-state index in [0.717, 1.165) is 89.2 Å². The Balaban J connectivity index is 1.05. The van der Waals surface area contributed by atoms with Gasteiger partial charge in [-0.15, -0.1) is 0 Å². The molecule has 4 aliphatic heterocycles. The molecule has 0 aromatic carbocycles. The molecule has 1 spiro atoms. The summed E-state index contributed by atoms with van der Waals surface area (Å²) in [7, 11) is 0. The summed E-state index contributed by atoms with van der Waals surface area (Å²) in [6.45, 7) is 6.36. The van der Waals surface area contributed by atoms with Crippen LogP contribution < -0.4 is 20.4 Å². The summed E-state index contributed by atoms with van der Waals surface area (Å²) in [6, 6.07) is 4.78. The SMILES string of the molecule is O=C1NCCC12Cc1cnc(Nc3ccc(N4CCC(N5CCOCC5)CC4)cn3)nc1N(C1CCCC1)C2=O. The zero-order valence-corrected chi connectivity index (χ0v) is 23.0. The van der Waals surface area contributed by atoms with Crippen LogP contribution in [-0.4, -0.2) is 89.7 Å². The van der Waals surface area contributed by atoms with Crippen molar-refractivity contribution in [2.45, 2.75) is 63.5 Å². The number of hydrogen-bond acceptors (Lipinski definition) is 9. The maximum absolute atomic E-state index is 13.8. The number of nitrogens with zero attached hydrogens (tertiary/aromatic N) is 6. The second-order valence-electron chi connectivity index (χ2n) is 11.8. The summed E-state index contributed by atoms with van der Waals surface area (Å²) in [4.78, 5) is 47.5. The minimum atomic E-state index is -1.03. The Hall–Kier alpha value is -3.31. The van der Waals surface area contributed by atoms with Crippen LogP contribution >= 0.6 is 0 Å². The normalized spacial score (nSPS) is 26.4. The number of aromatic nitrogens is 3. The number of piperidine rings is 1. The average Bonchev–Trinajstić information content (AvgIpc) is 3.66. The van der Waals surface area contributed by atoms with E-state index in [0.29, 0.717) is 43.0 Å². The Morgan fingerprint density at radius 2 is 1.75 bits per heavy atom. The van der Waals surface area contributed by atoms with Gasteiger partial charge >= 0.3 is 0 Å². The highest BCUT2D eigenvalue weighted by Crippen LogP contribution is 2.44. The van der Waals surface area contributed by atoms with Gasteiger partial charge in [-0.3, -0.25) is 19.4 Å². The van der Waals surface area contributed by atoms with Crippen LogP contribution in [0.2, 0.25) is 0 Å². The number of pyridine rings is 1. The van der Waals surface area contributed by atoms with Gasteiger partial charge in [0.05, 0.1) is 25.1 Å². The first kappa shape index (κ1) is 25.6. The molecule has 5 aliphatic rings. The van der Waals surface area contributed by atoms with Crippen molar-refractivity contribution in [1.82, 2.24) is 25.2 Å². The third kappa shape index (κ3) is 4.58. The molecule has 11 nitrogen and oxygen atoms in total. The van der Waals surface area contributed by atoms with E-state index in [1.807, 2.05) is 17.2 Å². The molecule has 6 heterocycles. The average molecular weight is 547 g/mol. The number of nitrogens with one attached hydrogen (secondary N) is 2. The van der Waals surface area contributed by atoms with E-state index in [4.69, 9.17) is 9.72 Å². The molecule has 212 valence electrons. The molecule has 11 heteroatoms. The van der Waals surface area contributed by atoms with Crippen LogP contribution in [0, 0.1) is 5.41 Å². The first-order valence-electron chi connectivity index (χ1n) is 14.9. The summed E-state index contributed by atoms with van der Waals surface area (Å²) in [5.74, 6) is 1.44. The molecule has 2 amide bonds. The molecule has 1 unspecified atom stereocenters. The summed E-state index contributed by atoms with van der Waals surface area (Å²) in [6.07, 6.45) is 10.9. The predicted molar refractivity (Wildman–Crippen MR) is 151 cm³/mol. The topological polar surface area (TPSA) is 116 Å². The highest BCUT2D eigenvalue weighted by Gasteiger charge is 2.56. The standard InChI is InChI=1S/C29H38N8O3/c38-26-29(9-10-30-26)17-20-18-32-28(34-25(20)37(27(29)39)22-3-1-2-4-22)33-24-6-5-23(19-31-24)35-11-7-21(8-12-35)36-13-15-40-16-14-36/h5-6,18-19,21-22H,1-4,7-17H2,(H,30,38)(H,31,32,33,34). The van der Waals surface area contributed by atoms with Gasteiger partial charge in [0.25, 0.3) is 0 Å². The molecular formula is C29H38N8O3. The summed E-state index contributed by atoms with van der Waals surface area (Å²) in [5.41, 5.74) is 0.954. The number of fused-ring (bicyclic) bond motifs is 1. The lowest BCUT2D eigenvalue weighted by atomic mass is 9.76. The zero-order chi connectivity index (χ0) is 27.1. The number of anilines is 4. The highest BCUT2D eigenvalue weighted by molar-refractivity contribution is 6.14. The third-order valence-electron chi connectivity index (χ3n) is 9.53. The van der Waals surface area contributed by atoms with Crippen LogP contribution in [0.3, 0.4) is 0 Å². The summed E-state index contributed by atoms with van der Waals surface area (Å²) >= 11 is 0. The molecule has 4 fully saturated rings. The lowest BCUT2D eigenvalue weighted by Crippen LogP contribution is -2.56. The fourth-order valence-corrected chi connectivity index (χ4v) is 7.26. The number of hydrogen-bond donors (Lipinski definition) is 2. The molecule has 1 atom stereocenters. The van der Waals surface area contributed by atoms with Crippen molar-refractivity contribution >= 4 is 35.1 Å². The molecule has 1 aliphatic carbocycles. The largest absolute Gasteiger partial charge is 0.379 e. The molecule has 2 N–H and O–H groups in total. The van der Waals surface area contributed by atoms with Crippen molar-refractivity contribution in [1.29, 1.82) is 0 Å². The number of amides is 2. The van der Waals surface area contributed by atoms with E-state index in [9.17, 15) is 9.59 Å². The molecule has 2 aromatic heterocycles. The van der Waals surface area contributed by atoms with E-state index >= 15 is 0 Å². The smallest absolute Gasteiger partial charge is 0.244 e. The zero-order valence-electron chi connectivity index (χ0n) is 23.0. The van der Waals surface area contributed by atoms with Gasteiger partial charge in [0, 0.05) is 63.0 Å². The van der Waals surface area contributed by atoms with Gasteiger partial charge in [0.1, 0.15) is 17.1 Å². The van der Waals surface area contributed by atoms with Crippen LogP contribution in [0.15, 0.2) is 24.5 Å². The minimum Gasteiger partial charge on any atom is -0.379 e. The Kier molecular flexibility index (Phi) is 6.79. The van der Waals surface area contributed by atoms with Gasteiger partial charge in [-0.25, -0.2) is 9.97 Å². The van der Waals surface area contributed by atoms with E-state index in [-0.39, 0.29) is 17.9 Å². The third-order valence-corrected chi connectivity index (χ3v) is 9.53. The Labute approximate surface area is 234 Å². The first-order valence-corrected chi connectivity index (χ1v) is 14.9. The number of carbonyl (C=O) groups excluding carboxylic acids is 2. The van der Waals surface area contributed by atoms with Gasteiger partial charge in [-0.2, -0.15) is 4.98 Å². The van der Waals surface area contributed by atoms with Gasteiger partial charge in [-0.1, -0.05) is 12.8 Å². The van der Waals surface area contributed by atoms with Crippen molar-refractivity contribution < 1.29 is 14.3 Å². The maximum Gasteiger partial charge on any atom is 0.244 e. The van der Waals surface area contributed by atoms with Crippen LogP contribution in [0.1, 0.15) is 50.5 Å². The molecular weight excluding hydrogens is 508 g/mol. The molecule has 3 saturated heterocycles. The molecule has 40 heavy (non-hydrogen) atoms. The van der Waals surface area contributed by atoms with Crippen molar-refractivity contribution in [3.8, 4) is 0 Å². The van der Waals surface area contributed by atoms with Gasteiger partial charge in [0.15, 0.2) is 0 Å². The Morgan fingerprint density at radius 3 is 2.45 bits per heavy atom. The van der Waals surface area contributed by atoms with E-state index in [1.165, 1.54) is 0 Å². The van der Waals surface area contributed by atoms with Crippen LogP contribution in [0.5, 0.6) is 0 Å². The van der Waals surface area contributed by atoms with Gasteiger partial charge in [-0.05, 0) is 44.2 Å². The number of carbonyl (C=O) groups is 2. The minimum absolute atomic E-state index is 0.0735. The van der Waals surface area contributed by atoms with Crippen LogP contribution in [-0.2, 0) is 20.7 Å². The first-order chi connectivity index (χ1) is 19.6. The number of ether oxygens (including phenoxy) is 1. The van der Waals surface area contributed by atoms with Crippen LogP contribution in [0.25, 0.3) is 0 Å². The molecule has 0 bridgehead atoms. The van der Waals surface area contributed by atoms with Crippen molar-refractivity contribution in [3.05, 3.63) is 30.1 Å².